The Hall–Kier alpha value is -3.11. The first-order chi connectivity index (χ1) is 11.3. The molecule has 0 atom stereocenters. The van der Waals surface area contributed by atoms with Crippen LogP contribution >= 0.6 is 0 Å². The van der Waals surface area contributed by atoms with Gasteiger partial charge in [0.1, 0.15) is 0 Å². The molecule has 1 aromatic heterocycles. The number of nitrogens with one attached hydrogen (secondary N) is 1. The molecule has 1 N–H and O–H groups in total. The minimum absolute atomic E-state index is 0.293. The summed E-state index contributed by atoms with van der Waals surface area (Å²) in [6, 6.07) is 0. The molecule has 0 fully saturated rings. The van der Waals surface area contributed by atoms with Crippen molar-refractivity contribution in [2.75, 3.05) is 0 Å². The number of nitroso groups, excluding NO2 is 1. The van der Waals surface area contributed by atoms with E-state index in [1.54, 1.807) is 4.98 Å². The van der Waals surface area contributed by atoms with E-state index >= 15 is 0 Å². The quantitative estimate of drug-likeness (QED) is 0.397. The lowest BCUT2D eigenvalue weighted by atomic mass is 10.1. The third kappa shape index (κ3) is 3.00. The van der Waals surface area contributed by atoms with E-state index in [4.69, 9.17) is 0 Å². The van der Waals surface area contributed by atoms with Crippen LogP contribution in [0.25, 0.3) is 6.08 Å². The van der Waals surface area contributed by atoms with Gasteiger partial charge in [-0.3, -0.25) is 14.3 Å². The van der Waals surface area contributed by atoms with Gasteiger partial charge >= 0.3 is 5.69 Å². The SMILES string of the molecule is O=N/C=C/c1cn(Cc2c(F)c(F)c(F)c(F)c2F)c(=O)[nH]c1=O. The van der Waals surface area contributed by atoms with Gasteiger partial charge in [0.05, 0.1) is 18.3 Å². The van der Waals surface area contributed by atoms with E-state index in [2.05, 4.69) is 5.18 Å². The highest BCUT2D eigenvalue weighted by atomic mass is 19.2. The zero-order valence-electron chi connectivity index (χ0n) is 11.4. The molecule has 126 valence electrons. The smallest absolute Gasteiger partial charge is 0.295 e. The molecule has 0 aliphatic rings. The van der Waals surface area contributed by atoms with E-state index < -0.39 is 52.4 Å². The van der Waals surface area contributed by atoms with E-state index in [-0.39, 0.29) is 5.56 Å². The molecule has 0 amide bonds. The van der Waals surface area contributed by atoms with Crippen molar-refractivity contribution in [3.63, 3.8) is 0 Å². The van der Waals surface area contributed by atoms with Gasteiger partial charge in [-0.15, -0.1) is 4.91 Å². The number of H-pyrrole nitrogens is 1. The van der Waals surface area contributed by atoms with E-state index in [0.29, 0.717) is 10.8 Å². The van der Waals surface area contributed by atoms with Crippen LogP contribution in [0.4, 0.5) is 22.0 Å². The van der Waals surface area contributed by atoms with Gasteiger partial charge in [-0.2, -0.15) is 0 Å². The van der Waals surface area contributed by atoms with Gasteiger partial charge in [0, 0.05) is 11.8 Å². The zero-order chi connectivity index (χ0) is 18.0. The van der Waals surface area contributed by atoms with Crippen LogP contribution < -0.4 is 11.2 Å². The van der Waals surface area contributed by atoms with E-state index in [0.717, 1.165) is 12.3 Å². The maximum atomic E-state index is 13.6. The third-order valence-corrected chi connectivity index (χ3v) is 2.98. The van der Waals surface area contributed by atoms with Crippen molar-refractivity contribution >= 4 is 6.08 Å². The number of rotatable bonds is 4. The molecule has 2 rings (SSSR count). The Balaban J connectivity index is 2.61. The number of benzene rings is 1. The fraction of sp³-hybridized carbons (Fsp3) is 0.0769. The van der Waals surface area contributed by atoms with Crippen LogP contribution in [0.15, 0.2) is 27.2 Å². The van der Waals surface area contributed by atoms with Crippen molar-refractivity contribution in [1.82, 2.24) is 9.55 Å². The van der Waals surface area contributed by atoms with E-state index in [1.807, 2.05) is 0 Å². The van der Waals surface area contributed by atoms with Crippen LogP contribution in [0.3, 0.4) is 0 Å². The highest BCUT2D eigenvalue weighted by Crippen LogP contribution is 2.23. The highest BCUT2D eigenvalue weighted by molar-refractivity contribution is 5.46. The summed E-state index contributed by atoms with van der Waals surface area (Å²) in [5.41, 5.74) is -3.64. The summed E-state index contributed by atoms with van der Waals surface area (Å²) in [6.07, 6.45) is 2.33. The van der Waals surface area contributed by atoms with Gasteiger partial charge in [0.25, 0.3) is 5.56 Å². The second-order valence-electron chi connectivity index (χ2n) is 4.44. The van der Waals surface area contributed by atoms with Crippen molar-refractivity contribution in [1.29, 1.82) is 0 Å². The lowest BCUT2D eigenvalue weighted by Gasteiger charge is -2.10. The Morgan fingerprint density at radius 2 is 1.54 bits per heavy atom. The Morgan fingerprint density at radius 3 is 2.08 bits per heavy atom. The Morgan fingerprint density at radius 1 is 1.00 bits per heavy atom. The van der Waals surface area contributed by atoms with Crippen LogP contribution in [0, 0.1) is 34.0 Å². The van der Waals surface area contributed by atoms with Gasteiger partial charge in [0.2, 0.25) is 5.82 Å². The molecule has 6 nitrogen and oxygen atoms in total. The fourth-order valence-electron chi connectivity index (χ4n) is 1.83. The van der Waals surface area contributed by atoms with Gasteiger partial charge in [-0.05, 0) is 11.3 Å². The summed E-state index contributed by atoms with van der Waals surface area (Å²) >= 11 is 0. The number of nitrogens with zero attached hydrogens (tertiary/aromatic N) is 2. The van der Waals surface area contributed by atoms with Crippen molar-refractivity contribution in [2.45, 2.75) is 6.54 Å². The predicted octanol–water partition coefficient (Wildman–Crippen LogP) is 2.02. The zero-order valence-corrected chi connectivity index (χ0v) is 11.4. The van der Waals surface area contributed by atoms with E-state index in [1.165, 1.54) is 0 Å². The van der Waals surface area contributed by atoms with Crippen molar-refractivity contribution in [3.8, 4) is 0 Å². The van der Waals surface area contributed by atoms with Crippen LogP contribution in [0.2, 0.25) is 0 Å². The molecule has 0 radical (unpaired) electrons. The van der Waals surface area contributed by atoms with Crippen molar-refractivity contribution < 1.29 is 22.0 Å². The molecule has 0 aliphatic carbocycles. The minimum atomic E-state index is -2.33. The molecule has 0 saturated carbocycles. The highest BCUT2D eigenvalue weighted by Gasteiger charge is 2.26. The Kier molecular flexibility index (Phi) is 4.71. The van der Waals surface area contributed by atoms with E-state index in [9.17, 15) is 36.4 Å². The largest absolute Gasteiger partial charge is 0.328 e. The molecular weight excluding hydrogens is 341 g/mol. The summed E-state index contributed by atoms with van der Waals surface area (Å²) in [4.78, 5) is 34.8. The maximum Gasteiger partial charge on any atom is 0.328 e. The summed E-state index contributed by atoms with van der Waals surface area (Å²) in [5, 5.41) is 2.34. The average molecular weight is 347 g/mol. The lowest BCUT2D eigenvalue weighted by molar-refractivity contribution is 0.367. The second-order valence-corrected chi connectivity index (χ2v) is 4.44. The molecule has 0 aliphatic heterocycles. The molecule has 1 aromatic carbocycles. The third-order valence-electron chi connectivity index (χ3n) is 2.98. The monoisotopic (exact) mass is 347 g/mol. The minimum Gasteiger partial charge on any atom is -0.295 e. The lowest BCUT2D eigenvalue weighted by Crippen LogP contribution is -2.31. The second kappa shape index (κ2) is 6.56. The number of aromatic nitrogens is 2. The van der Waals surface area contributed by atoms with Gasteiger partial charge in [0.15, 0.2) is 23.3 Å². The Bertz CT molecular complexity index is 936. The fourth-order valence-corrected chi connectivity index (χ4v) is 1.83. The molecule has 0 spiro atoms. The molecule has 0 saturated heterocycles. The first kappa shape index (κ1) is 17.2. The molecular formula is C13H6F5N3O3. The van der Waals surface area contributed by atoms with Crippen molar-refractivity contribution in [3.05, 3.63) is 78.4 Å². The summed E-state index contributed by atoms with van der Waals surface area (Å²) < 4.78 is 67.0. The first-order valence-electron chi connectivity index (χ1n) is 6.11. The predicted molar refractivity (Wildman–Crippen MR) is 71.5 cm³/mol. The normalized spacial score (nSPS) is 11.2. The summed E-state index contributed by atoms with van der Waals surface area (Å²) in [5.74, 6) is -10.9. The van der Waals surface area contributed by atoms with Gasteiger partial charge in [-0.1, -0.05) is 0 Å². The standard InChI is InChI=1S/C13H6F5N3O3/c14-7-6(8(15)10(17)11(18)9(7)16)4-21-3-5(1-2-19-24)12(22)20-13(21)23/h1-3H,4H2,(H,20,22,23)/b2-1+. The summed E-state index contributed by atoms with van der Waals surface area (Å²) in [6.45, 7) is -1.04. The number of halogens is 5. The topological polar surface area (TPSA) is 84.3 Å². The molecule has 0 unspecified atom stereocenters. The van der Waals surface area contributed by atoms with Crippen LogP contribution in [0.5, 0.6) is 0 Å². The summed E-state index contributed by atoms with van der Waals surface area (Å²) in [7, 11) is 0. The Labute approximate surface area is 128 Å². The van der Waals surface area contributed by atoms with Crippen LogP contribution in [-0.2, 0) is 6.54 Å². The molecule has 2 aromatic rings. The van der Waals surface area contributed by atoms with Crippen LogP contribution in [0.1, 0.15) is 11.1 Å². The number of aromatic amines is 1. The van der Waals surface area contributed by atoms with Gasteiger partial charge < -0.3 is 0 Å². The number of hydrogen-bond donors (Lipinski definition) is 1. The number of hydrogen-bond acceptors (Lipinski definition) is 4. The molecule has 1 heterocycles. The molecule has 24 heavy (non-hydrogen) atoms. The first-order valence-corrected chi connectivity index (χ1v) is 6.11. The van der Waals surface area contributed by atoms with Crippen LogP contribution in [-0.4, -0.2) is 9.55 Å². The van der Waals surface area contributed by atoms with Gasteiger partial charge in [-0.25, -0.2) is 26.7 Å². The average Bonchev–Trinajstić information content (AvgIpc) is 2.55. The van der Waals surface area contributed by atoms with Crippen molar-refractivity contribution in [2.24, 2.45) is 5.18 Å². The molecule has 0 bridgehead atoms. The molecule has 11 heteroatoms. The maximum absolute atomic E-state index is 13.6.